The summed E-state index contributed by atoms with van der Waals surface area (Å²) in [6.07, 6.45) is 5.56. The zero-order valence-corrected chi connectivity index (χ0v) is 14.0. The van der Waals surface area contributed by atoms with Crippen LogP contribution in [0, 0.1) is 0 Å². The van der Waals surface area contributed by atoms with Crippen molar-refractivity contribution >= 4 is 11.9 Å². The van der Waals surface area contributed by atoms with Crippen LogP contribution in [-0.4, -0.2) is 24.0 Å². The summed E-state index contributed by atoms with van der Waals surface area (Å²) >= 11 is 0. The third-order valence-corrected chi connectivity index (χ3v) is 4.49. The molecule has 3 amide bonds. The van der Waals surface area contributed by atoms with Crippen LogP contribution >= 0.6 is 0 Å². The number of imide groups is 1. The lowest BCUT2D eigenvalue weighted by molar-refractivity contribution is -0.710. The fourth-order valence-electron chi connectivity index (χ4n) is 3.08. The maximum Gasteiger partial charge on any atom is 0.321 e. The van der Waals surface area contributed by atoms with Gasteiger partial charge in [-0.3, -0.25) is 10.1 Å². The zero-order chi connectivity index (χ0) is 16.7. The molecule has 0 heterocycles. The number of benzene rings is 1. The number of hydrogen-bond donors (Lipinski definition) is 3. The number of urea groups is 1. The molecule has 126 valence electrons. The molecule has 1 saturated carbocycles. The summed E-state index contributed by atoms with van der Waals surface area (Å²) in [5, 5.41) is 7.34. The van der Waals surface area contributed by atoms with Gasteiger partial charge < -0.3 is 10.6 Å². The number of nitrogens with one attached hydrogen (secondary N) is 2. The minimum absolute atomic E-state index is 0.165. The van der Waals surface area contributed by atoms with Gasteiger partial charge in [0.2, 0.25) is 0 Å². The summed E-state index contributed by atoms with van der Waals surface area (Å²) in [4.78, 5) is 24.1. The van der Waals surface area contributed by atoms with Gasteiger partial charge in [0.25, 0.3) is 5.91 Å². The second kappa shape index (κ2) is 8.67. The average Bonchev–Trinajstić information content (AvgIpc) is 2.56. The fourth-order valence-corrected chi connectivity index (χ4v) is 3.08. The highest BCUT2D eigenvalue weighted by Crippen LogP contribution is 2.17. The topological polar surface area (TPSA) is 74.8 Å². The van der Waals surface area contributed by atoms with E-state index in [0.717, 1.165) is 25.7 Å². The molecule has 0 unspecified atom stereocenters. The Labute approximate surface area is 138 Å². The molecule has 4 N–H and O–H groups in total. The third kappa shape index (κ3) is 5.67. The highest BCUT2D eigenvalue weighted by Gasteiger charge is 2.23. The first-order valence-electron chi connectivity index (χ1n) is 8.57. The van der Waals surface area contributed by atoms with Gasteiger partial charge in [0.15, 0.2) is 6.04 Å². The van der Waals surface area contributed by atoms with Crippen molar-refractivity contribution in [3.05, 3.63) is 35.9 Å². The van der Waals surface area contributed by atoms with Crippen LogP contribution in [0.25, 0.3) is 0 Å². The Morgan fingerprint density at radius 3 is 2.39 bits per heavy atom. The number of quaternary nitrogens is 1. The molecule has 1 aromatic carbocycles. The SMILES string of the molecule is C[C@H]([NH2+][C@H](C)c1ccccc1)C(=O)NC(=O)NC1CCCCC1. The molecule has 0 saturated heterocycles. The molecule has 1 aliphatic carbocycles. The standard InChI is InChI=1S/C18H27N3O2/c1-13(15-9-5-3-6-10-15)19-14(2)17(22)21-18(23)20-16-11-7-4-8-12-16/h3,5-6,9-10,13-14,16,19H,4,7-8,11-12H2,1-2H3,(H2,20,21,22,23)/p+1/t13-,14+/m1/s1. The monoisotopic (exact) mass is 318 g/mol. The molecule has 1 aromatic rings. The number of nitrogens with two attached hydrogens (primary N) is 1. The van der Waals surface area contributed by atoms with Crippen molar-refractivity contribution in [2.24, 2.45) is 0 Å². The van der Waals surface area contributed by atoms with Gasteiger partial charge >= 0.3 is 6.03 Å². The lowest BCUT2D eigenvalue weighted by atomic mass is 9.96. The van der Waals surface area contributed by atoms with E-state index in [9.17, 15) is 9.59 Å². The quantitative estimate of drug-likeness (QED) is 0.775. The van der Waals surface area contributed by atoms with Crippen molar-refractivity contribution in [2.45, 2.75) is 64.1 Å². The molecule has 0 aliphatic heterocycles. The molecular formula is C18H28N3O2+. The van der Waals surface area contributed by atoms with Gasteiger partial charge in [-0.1, -0.05) is 49.6 Å². The van der Waals surface area contributed by atoms with Crippen LogP contribution in [0.4, 0.5) is 4.79 Å². The Morgan fingerprint density at radius 2 is 1.74 bits per heavy atom. The summed E-state index contributed by atoms with van der Waals surface area (Å²) in [5.41, 5.74) is 1.17. The molecular weight excluding hydrogens is 290 g/mol. The molecule has 1 fully saturated rings. The molecule has 0 bridgehead atoms. The van der Waals surface area contributed by atoms with Crippen LogP contribution in [-0.2, 0) is 4.79 Å². The van der Waals surface area contributed by atoms with Gasteiger partial charge in [-0.2, -0.15) is 0 Å². The number of rotatable bonds is 5. The Kier molecular flexibility index (Phi) is 6.59. The fraction of sp³-hybridized carbons (Fsp3) is 0.556. The molecule has 2 atom stereocenters. The van der Waals surface area contributed by atoms with Gasteiger partial charge in [-0.25, -0.2) is 4.79 Å². The molecule has 0 spiro atoms. The van der Waals surface area contributed by atoms with Crippen LogP contribution in [0.2, 0.25) is 0 Å². The second-order valence-corrected chi connectivity index (χ2v) is 6.48. The molecule has 1 aliphatic rings. The maximum atomic E-state index is 12.2. The molecule has 0 radical (unpaired) electrons. The Morgan fingerprint density at radius 1 is 1.09 bits per heavy atom. The molecule has 5 heteroatoms. The van der Waals surface area contributed by atoms with E-state index in [0.29, 0.717) is 0 Å². The Hall–Kier alpha value is -1.88. The minimum Gasteiger partial charge on any atom is -0.335 e. The summed E-state index contributed by atoms with van der Waals surface area (Å²) in [7, 11) is 0. The summed E-state index contributed by atoms with van der Waals surface area (Å²) in [6.45, 7) is 3.88. The Balaban J connectivity index is 1.76. The molecule has 0 aromatic heterocycles. The smallest absolute Gasteiger partial charge is 0.321 e. The predicted molar refractivity (Wildman–Crippen MR) is 89.8 cm³/mol. The predicted octanol–water partition coefficient (Wildman–Crippen LogP) is 1.86. The van der Waals surface area contributed by atoms with Crippen LogP contribution in [0.15, 0.2) is 30.3 Å². The van der Waals surface area contributed by atoms with E-state index in [1.807, 2.05) is 42.6 Å². The summed E-state index contributed by atoms with van der Waals surface area (Å²) in [6, 6.07) is 9.73. The highest BCUT2D eigenvalue weighted by molar-refractivity contribution is 5.96. The summed E-state index contributed by atoms with van der Waals surface area (Å²) < 4.78 is 0. The number of amides is 3. The van der Waals surface area contributed by atoms with Crippen LogP contribution in [0.5, 0.6) is 0 Å². The number of hydrogen-bond acceptors (Lipinski definition) is 2. The third-order valence-electron chi connectivity index (χ3n) is 4.49. The van der Waals surface area contributed by atoms with E-state index in [1.165, 1.54) is 12.0 Å². The van der Waals surface area contributed by atoms with Crippen LogP contribution < -0.4 is 16.0 Å². The highest BCUT2D eigenvalue weighted by atomic mass is 16.2. The van der Waals surface area contributed by atoms with Crippen molar-refractivity contribution in [2.75, 3.05) is 0 Å². The van der Waals surface area contributed by atoms with Crippen LogP contribution in [0.3, 0.4) is 0 Å². The molecule has 2 rings (SSSR count). The van der Waals surface area contributed by atoms with Crippen molar-refractivity contribution in [3.63, 3.8) is 0 Å². The van der Waals surface area contributed by atoms with E-state index in [2.05, 4.69) is 17.6 Å². The van der Waals surface area contributed by atoms with E-state index in [1.54, 1.807) is 0 Å². The van der Waals surface area contributed by atoms with Gasteiger partial charge in [0, 0.05) is 11.6 Å². The summed E-state index contributed by atoms with van der Waals surface area (Å²) in [5.74, 6) is -0.249. The second-order valence-electron chi connectivity index (χ2n) is 6.48. The maximum absolute atomic E-state index is 12.2. The first-order valence-corrected chi connectivity index (χ1v) is 8.57. The van der Waals surface area contributed by atoms with Crippen molar-refractivity contribution in [1.29, 1.82) is 0 Å². The Bertz CT molecular complexity index is 512. The normalized spacial score (nSPS) is 18.0. The van der Waals surface area contributed by atoms with E-state index in [4.69, 9.17) is 0 Å². The van der Waals surface area contributed by atoms with Crippen molar-refractivity contribution < 1.29 is 14.9 Å². The number of carbonyl (C=O) groups excluding carboxylic acids is 2. The number of carbonyl (C=O) groups is 2. The van der Waals surface area contributed by atoms with Crippen LogP contribution in [0.1, 0.15) is 57.6 Å². The van der Waals surface area contributed by atoms with E-state index in [-0.39, 0.29) is 30.1 Å². The first-order chi connectivity index (χ1) is 11.1. The van der Waals surface area contributed by atoms with Gasteiger partial charge in [0.05, 0.1) is 0 Å². The first kappa shape index (κ1) is 17.5. The lowest BCUT2D eigenvalue weighted by Crippen LogP contribution is -2.92. The minimum atomic E-state index is -0.366. The average molecular weight is 318 g/mol. The van der Waals surface area contributed by atoms with Gasteiger partial charge in [-0.05, 0) is 26.7 Å². The van der Waals surface area contributed by atoms with Crippen molar-refractivity contribution in [3.8, 4) is 0 Å². The molecule has 23 heavy (non-hydrogen) atoms. The zero-order valence-electron chi connectivity index (χ0n) is 14.0. The largest absolute Gasteiger partial charge is 0.335 e. The lowest BCUT2D eigenvalue weighted by Gasteiger charge is -2.23. The van der Waals surface area contributed by atoms with E-state index < -0.39 is 0 Å². The van der Waals surface area contributed by atoms with Gasteiger partial charge in [-0.15, -0.1) is 0 Å². The van der Waals surface area contributed by atoms with E-state index >= 15 is 0 Å². The van der Waals surface area contributed by atoms with Gasteiger partial charge in [0.1, 0.15) is 6.04 Å². The molecule has 5 nitrogen and oxygen atoms in total. The van der Waals surface area contributed by atoms with Crippen molar-refractivity contribution in [1.82, 2.24) is 10.6 Å².